The lowest BCUT2D eigenvalue weighted by Crippen LogP contribution is -2.38. The molecule has 0 N–H and O–H groups in total. The highest BCUT2D eigenvalue weighted by Gasteiger charge is 2.35. The molecule has 7 nitrogen and oxygen atoms in total. The summed E-state index contributed by atoms with van der Waals surface area (Å²) in [7, 11) is 0. The number of nitrogens with zero attached hydrogens (tertiary/aromatic N) is 7. The number of hydrogen-bond donors (Lipinski definition) is 0. The van der Waals surface area contributed by atoms with Crippen molar-refractivity contribution in [1.29, 1.82) is 0 Å². The highest BCUT2D eigenvalue weighted by Crippen LogP contribution is 2.32. The first kappa shape index (κ1) is 20.2. The molecule has 1 aliphatic rings. The van der Waals surface area contributed by atoms with Crippen LogP contribution in [0.1, 0.15) is 30.2 Å². The van der Waals surface area contributed by atoms with Gasteiger partial charge in [0.1, 0.15) is 23.2 Å². The summed E-state index contributed by atoms with van der Waals surface area (Å²) in [5.41, 5.74) is -0.648. The van der Waals surface area contributed by atoms with Crippen molar-refractivity contribution in [2.75, 3.05) is 18.0 Å². The summed E-state index contributed by atoms with van der Waals surface area (Å²) in [6.07, 6.45) is -1.22. The molecule has 1 aliphatic heterocycles. The molecule has 0 spiro atoms. The van der Waals surface area contributed by atoms with Crippen molar-refractivity contribution in [3.63, 3.8) is 0 Å². The topological polar surface area (TPSA) is 72.6 Å². The maximum absolute atomic E-state index is 13.5. The first-order valence-electron chi connectivity index (χ1n) is 9.80. The quantitative estimate of drug-likeness (QED) is 0.645. The molecule has 3 aromatic heterocycles. The molecule has 3 aromatic rings. The Balaban J connectivity index is 1.62. The highest BCUT2D eigenvalue weighted by atomic mass is 19.4. The van der Waals surface area contributed by atoms with Crippen molar-refractivity contribution >= 4 is 5.82 Å². The minimum Gasteiger partial charge on any atom is -0.356 e. The van der Waals surface area contributed by atoms with Gasteiger partial charge in [-0.1, -0.05) is 6.07 Å². The minimum atomic E-state index is -4.56. The normalized spacial score (nSPS) is 17.4. The molecule has 4 rings (SSSR count). The molecule has 1 atom stereocenters. The lowest BCUT2D eigenvalue weighted by atomic mass is 9.98. The molecule has 0 amide bonds. The summed E-state index contributed by atoms with van der Waals surface area (Å²) < 4.78 is 42.3. The third-order valence-corrected chi connectivity index (χ3v) is 5.13. The Kier molecular flexibility index (Phi) is 5.40. The number of aromatic nitrogens is 6. The van der Waals surface area contributed by atoms with Crippen molar-refractivity contribution < 1.29 is 13.2 Å². The zero-order valence-electron chi connectivity index (χ0n) is 16.8. The Morgan fingerprint density at radius 3 is 2.63 bits per heavy atom. The van der Waals surface area contributed by atoms with E-state index in [0.717, 1.165) is 24.7 Å². The van der Waals surface area contributed by atoms with E-state index in [1.165, 1.54) is 6.20 Å². The summed E-state index contributed by atoms with van der Waals surface area (Å²) in [4.78, 5) is 18.5. The van der Waals surface area contributed by atoms with Crippen LogP contribution in [0.4, 0.5) is 19.0 Å². The molecule has 0 aliphatic carbocycles. The Hall–Kier alpha value is -3.04. The third-order valence-electron chi connectivity index (χ3n) is 5.13. The zero-order chi connectivity index (χ0) is 21.3. The predicted molar refractivity (Wildman–Crippen MR) is 105 cm³/mol. The number of halogens is 3. The Morgan fingerprint density at radius 1 is 1.13 bits per heavy atom. The average Bonchev–Trinajstić information content (AvgIpc) is 3.04. The summed E-state index contributed by atoms with van der Waals surface area (Å²) in [5, 5.41) is 4.41. The standard InChI is InChI=1S/C20H22F3N7/c1-13-25-14(2)30(28-13)12-15-6-5-9-29(11-15)18-10-17(20(21,22)23)26-19(27-18)16-7-3-4-8-24-16/h3-4,7-8,10,15H,5-6,9,11-12H2,1-2H3. The van der Waals surface area contributed by atoms with E-state index in [2.05, 4.69) is 25.0 Å². The fraction of sp³-hybridized carbons (Fsp3) is 0.450. The molecule has 1 unspecified atom stereocenters. The number of pyridine rings is 1. The van der Waals surface area contributed by atoms with Crippen LogP contribution in [-0.2, 0) is 12.7 Å². The fourth-order valence-corrected chi connectivity index (χ4v) is 3.75. The van der Waals surface area contributed by atoms with E-state index < -0.39 is 11.9 Å². The molecule has 1 fully saturated rings. The Bertz CT molecular complexity index is 1020. The van der Waals surface area contributed by atoms with Crippen molar-refractivity contribution in [2.24, 2.45) is 5.92 Å². The second-order valence-electron chi connectivity index (χ2n) is 7.49. The lowest BCUT2D eigenvalue weighted by molar-refractivity contribution is -0.141. The van der Waals surface area contributed by atoms with Crippen LogP contribution in [-0.4, -0.2) is 42.8 Å². The Morgan fingerprint density at radius 2 is 1.97 bits per heavy atom. The molecule has 158 valence electrons. The van der Waals surface area contributed by atoms with Crippen LogP contribution >= 0.6 is 0 Å². The molecule has 10 heteroatoms. The summed E-state index contributed by atoms with van der Waals surface area (Å²) in [5.74, 6) is 2.04. The number of rotatable bonds is 4. The van der Waals surface area contributed by atoms with Crippen LogP contribution < -0.4 is 4.90 Å². The Labute approximate surface area is 172 Å². The number of hydrogen-bond acceptors (Lipinski definition) is 6. The van der Waals surface area contributed by atoms with E-state index >= 15 is 0 Å². The molecule has 30 heavy (non-hydrogen) atoms. The van der Waals surface area contributed by atoms with Gasteiger partial charge in [-0.05, 0) is 44.7 Å². The number of aryl methyl sites for hydroxylation is 2. The van der Waals surface area contributed by atoms with E-state index in [-0.39, 0.29) is 17.6 Å². The van der Waals surface area contributed by atoms with Crippen LogP contribution in [0.25, 0.3) is 11.5 Å². The van der Waals surface area contributed by atoms with Crippen molar-refractivity contribution in [3.8, 4) is 11.5 Å². The highest BCUT2D eigenvalue weighted by molar-refractivity contribution is 5.54. The van der Waals surface area contributed by atoms with Crippen LogP contribution in [0.5, 0.6) is 0 Å². The van der Waals surface area contributed by atoms with E-state index in [0.29, 0.717) is 31.2 Å². The molecular weight excluding hydrogens is 395 g/mol. The molecule has 0 radical (unpaired) electrons. The SMILES string of the molecule is Cc1nc(C)n(CC2CCCN(c3cc(C(F)(F)F)nc(-c4ccccn4)n3)C2)n1. The van der Waals surface area contributed by atoms with Gasteiger partial charge in [0.05, 0.1) is 0 Å². The lowest BCUT2D eigenvalue weighted by Gasteiger charge is -2.34. The van der Waals surface area contributed by atoms with Crippen molar-refractivity contribution in [2.45, 2.75) is 39.4 Å². The first-order valence-corrected chi connectivity index (χ1v) is 9.80. The van der Waals surface area contributed by atoms with Gasteiger partial charge >= 0.3 is 6.18 Å². The van der Waals surface area contributed by atoms with Crippen LogP contribution in [0.15, 0.2) is 30.5 Å². The number of alkyl halides is 3. The van der Waals surface area contributed by atoms with Crippen LogP contribution in [0.2, 0.25) is 0 Å². The second kappa shape index (κ2) is 8.00. The van der Waals surface area contributed by atoms with Gasteiger partial charge in [0.2, 0.25) is 0 Å². The average molecular weight is 417 g/mol. The number of anilines is 1. The van der Waals surface area contributed by atoms with Gasteiger partial charge in [-0.15, -0.1) is 0 Å². The largest absolute Gasteiger partial charge is 0.433 e. The van der Waals surface area contributed by atoms with Gasteiger partial charge in [-0.25, -0.2) is 19.6 Å². The predicted octanol–water partition coefficient (Wildman–Crippen LogP) is 3.68. The van der Waals surface area contributed by atoms with Crippen molar-refractivity contribution in [1.82, 2.24) is 29.7 Å². The van der Waals surface area contributed by atoms with Crippen LogP contribution in [0, 0.1) is 19.8 Å². The second-order valence-corrected chi connectivity index (χ2v) is 7.49. The molecule has 4 heterocycles. The van der Waals surface area contributed by atoms with E-state index in [9.17, 15) is 13.2 Å². The number of piperidine rings is 1. The van der Waals surface area contributed by atoms with E-state index in [1.54, 1.807) is 18.2 Å². The minimum absolute atomic E-state index is 0.0229. The van der Waals surface area contributed by atoms with Gasteiger partial charge in [-0.2, -0.15) is 18.3 Å². The summed E-state index contributed by atoms with van der Waals surface area (Å²) in [6.45, 7) is 5.65. The molecule has 0 aromatic carbocycles. The zero-order valence-corrected chi connectivity index (χ0v) is 16.8. The maximum Gasteiger partial charge on any atom is 0.433 e. The fourth-order valence-electron chi connectivity index (χ4n) is 3.75. The van der Waals surface area contributed by atoms with Gasteiger partial charge in [0.15, 0.2) is 11.5 Å². The monoisotopic (exact) mass is 417 g/mol. The van der Waals surface area contributed by atoms with Gasteiger partial charge in [0, 0.05) is 31.9 Å². The third kappa shape index (κ3) is 4.42. The summed E-state index contributed by atoms with van der Waals surface area (Å²) in [6, 6.07) is 6.03. The molecular formula is C20H22F3N7. The van der Waals surface area contributed by atoms with Gasteiger partial charge in [-0.3, -0.25) is 4.98 Å². The summed E-state index contributed by atoms with van der Waals surface area (Å²) >= 11 is 0. The first-order chi connectivity index (χ1) is 14.3. The molecule has 0 bridgehead atoms. The van der Waals surface area contributed by atoms with Crippen LogP contribution in [0.3, 0.4) is 0 Å². The van der Waals surface area contributed by atoms with Gasteiger partial charge < -0.3 is 4.90 Å². The van der Waals surface area contributed by atoms with Gasteiger partial charge in [0.25, 0.3) is 0 Å². The molecule has 0 saturated carbocycles. The maximum atomic E-state index is 13.5. The molecule has 1 saturated heterocycles. The van der Waals surface area contributed by atoms with Crippen molar-refractivity contribution in [3.05, 3.63) is 47.8 Å². The smallest absolute Gasteiger partial charge is 0.356 e. The van der Waals surface area contributed by atoms with E-state index in [4.69, 9.17) is 0 Å². The van der Waals surface area contributed by atoms with E-state index in [1.807, 2.05) is 23.4 Å².